The number of nitrogens with zero attached hydrogens (tertiary/aromatic N) is 1. The second-order valence-electron chi connectivity index (χ2n) is 3.60. The zero-order chi connectivity index (χ0) is 15.1. The van der Waals surface area contributed by atoms with Crippen molar-refractivity contribution in [1.82, 2.24) is 0 Å². The van der Waals surface area contributed by atoms with Crippen LogP contribution in [-0.4, -0.2) is 32.2 Å². The molecule has 1 aromatic carbocycles. The third-order valence-electron chi connectivity index (χ3n) is 2.30. The number of hydrogen-bond acceptors (Lipinski definition) is 7. The van der Waals surface area contributed by atoms with Gasteiger partial charge in [-0.15, -0.1) is 4.91 Å². The molecule has 0 aliphatic rings. The third kappa shape index (κ3) is 4.02. The number of nitroso groups, excluding NO2 is 1. The lowest BCUT2D eigenvalue weighted by Crippen LogP contribution is -2.17. The Kier molecular flexibility index (Phi) is 6.10. The van der Waals surface area contributed by atoms with Crippen molar-refractivity contribution in [3.63, 3.8) is 0 Å². The number of nitrogens with one attached hydrogen (secondary N) is 1. The predicted octanol–water partition coefficient (Wildman–Crippen LogP) is 2.61. The molecule has 1 N–H and O–H groups in total. The van der Waals surface area contributed by atoms with E-state index in [0.717, 1.165) is 0 Å². The first kappa shape index (κ1) is 16.1. The van der Waals surface area contributed by atoms with Crippen LogP contribution < -0.4 is 5.32 Å². The van der Waals surface area contributed by atoms with Crippen LogP contribution in [0.5, 0.6) is 0 Å². The topological polar surface area (TPSA) is 94.1 Å². The summed E-state index contributed by atoms with van der Waals surface area (Å²) in [6, 6.07) is 2.80. The summed E-state index contributed by atoms with van der Waals surface area (Å²) in [7, 11) is 1.24. The fraction of sp³-hybridized carbons (Fsp3) is 0.333. The molecule has 0 bridgehead atoms. The van der Waals surface area contributed by atoms with E-state index in [1.54, 1.807) is 6.92 Å². The fourth-order valence-electron chi connectivity index (χ4n) is 1.44. The van der Waals surface area contributed by atoms with E-state index in [4.69, 9.17) is 4.74 Å². The number of carbonyl (C=O) groups excluding carboxylic acids is 2. The maximum absolute atomic E-state index is 11.5. The van der Waals surface area contributed by atoms with Gasteiger partial charge in [-0.05, 0) is 40.2 Å². The van der Waals surface area contributed by atoms with E-state index >= 15 is 0 Å². The molecule has 0 unspecified atom stereocenters. The number of benzene rings is 1. The van der Waals surface area contributed by atoms with Crippen LogP contribution in [0, 0.1) is 4.91 Å². The molecule has 108 valence electrons. The van der Waals surface area contributed by atoms with E-state index in [2.05, 4.69) is 31.2 Å². The lowest BCUT2D eigenvalue weighted by atomic mass is 10.1. The molecule has 0 fully saturated rings. The van der Waals surface area contributed by atoms with Crippen LogP contribution in [0.25, 0.3) is 0 Å². The van der Waals surface area contributed by atoms with E-state index in [9.17, 15) is 14.5 Å². The first-order chi connectivity index (χ1) is 9.53. The van der Waals surface area contributed by atoms with Gasteiger partial charge in [-0.25, -0.2) is 4.79 Å². The van der Waals surface area contributed by atoms with Crippen LogP contribution in [0.4, 0.5) is 11.4 Å². The van der Waals surface area contributed by atoms with Gasteiger partial charge >= 0.3 is 11.9 Å². The standard InChI is InChI=1S/C12H13BrN2O5/c1-3-20-10(16)6-14-9-5-7(12(17)19-2)4-8(13)11(9)15-18/h4-5,14H,3,6H2,1-2H3. The number of anilines is 1. The highest BCUT2D eigenvalue weighted by Gasteiger charge is 2.15. The Morgan fingerprint density at radius 1 is 1.40 bits per heavy atom. The number of halogens is 1. The predicted molar refractivity (Wildman–Crippen MR) is 76.1 cm³/mol. The van der Waals surface area contributed by atoms with Gasteiger partial charge in [-0.2, -0.15) is 0 Å². The van der Waals surface area contributed by atoms with Crippen LogP contribution in [0.2, 0.25) is 0 Å². The molecule has 0 aromatic heterocycles. The van der Waals surface area contributed by atoms with Crippen LogP contribution in [0.15, 0.2) is 21.8 Å². The van der Waals surface area contributed by atoms with Crippen LogP contribution in [0.3, 0.4) is 0 Å². The molecule has 7 nitrogen and oxygen atoms in total. The summed E-state index contributed by atoms with van der Waals surface area (Å²) < 4.78 is 9.67. The van der Waals surface area contributed by atoms with Gasteiger partial charge in [0.1, 0.15) is 12.2 Å². The highest BCUT2D eigenvalue weighted by molar-refractivity contribution is 9.10. The molecular formula is C12H13BrN2O5. The van der Waals surface area contributed by atoms with Crippen molar-refractivity contribution in [2.45, 2.75) is 6.92 Å². The minimum absolute atomic E-state index is 0.0574. The van der Waals surface area contributed by atoms with Crippen LogP contribution >= 0.6 is 15.9 Å². The van der Waals surface area contributed by atoms with Gasteiger partial charge in [0, 0.05) is 4.47 Å². The average Bonchev–Trinajstić information content (AvgIpc) is 2.44. The normalized spacial score (nSPS) is 9.75. The fourth-order valence-corrected chi connectivity index (χ4v) is 1.97. The molecule has 0 atom stereocenters. The summed E-state index contributed by atoms with van der Waals surface area (Å²) in [5.74, 6) is -1.05. The van der Waals surface area contributed by atoms with E-state index in [1.165, 1.54) is 19.2 Å². The SMILES string of the molecule is CCOC(=O)CNc1cc(C(=O)OC)cc(Br)c1N=O. The molecule has 0 saturated heterocycles. The third-order valence-corrected chi connectivity index (χ3v) is 2.91. The lowest BCUT2D eigenvalue weighted by Gasteiger charge is -2.10. The Morgan fingerprint density at radius 2 is 2.10 bits per heavy atom. The van der Waals surface area contributed by atoms with Crippen molar-refractivity contribution >= 4 is 39.2 Å². The Balaban J connectivity index is 3.02. The second kappa shape index (κ2) is 7.59. The summed E-state index contributed by atoms with van der Waals surface area (Å²) in [6.45, 7) is 1.80. The largest absolute Gasteiger partial charge is 0.465 e. The average molecular weight is 345 g/mol. The number of hydrogen-bond donors (Lipinski definition) is 1. The Hall–Kier alpha value is -1.96. The Labute approximate surface area is 123 Å². The first-order valence-electron chi connectivity index (χ1n) is 5.68. The van der Waals surface area contributed by atoms with Crippen molar-refractivity contribution in [1.29, 1.82) is 0 Å². The number of esters is 2. The van der Waals surface area contributed by atoms with Gasteiger partial charge in [0.2, 0.25) is 0 Å². The monoisotopic (exact) mass is 344 g/mol. The smallest absolute Gasteiger partial charge is 0.337 e. The van der Waals surface area contributed by atoms with Gasteiger partial charge in [-0.1, -0.05) is 0 Å². The van der Waals surface area contributed by atoms with Crippen molar-refractivity contribution in [3.05, 3.63) is 27.1 Å². The number of carbonyl (C=O) groups is 2. The van der Waals surface area contributed by atoms with E-state index in [1.807, 2.05) is 0 Å². The van der Waals surface area contributed by atoms with Crippen molar-refractivity contribution in [3.8, 4) is 0 Å². The van der Waals surface area contributed by atoms with Crippen LogP contribution in [-0.2, 0) is 14.3 Å². The van der Waals surface area contributed by atoms with Gasteiger partial charge < -0.3 is 14.8 Å². The number of methoxy groups -OCH3 is 1. The number of rotatable bonds is 6. The maximum atomic E-state index is 11.5. The molecule has 0 aliphatic carbocycles. The molecule has 1 aromatic rings. The molecule has 0 aliphatic heterocycles. The Bertz CT molecular complexity index is 533. The number of ether oxygens (including phenoxy) is 2. The van der Waals surface area contributed by atoms with Crippen LogP contribution in [0.1, 0.15) is 17.3 Å². The minimum atomic E-state index is -0.567. The summed E-state index contributed by atoms with van der Waals surface area (Å²) in [5, 5.41) is 5.56. The molecular weight excluding hydrogens is 332 g/mol. The zero-order valence-corrected chi connectivity index (χ0v) is 12.5. The second-order valence-corrected chi connectivity index (χ2v) is 4.45. The molecule has 20 heavy (non-hydrogen) atoms. The van der Waals surface area contributed by atoms with Gasteiger partial charge in [0.25, 0.3) is 0 Å². The maximum Gasteiger partial charge on any atom is 0.337 e. The van der Waals surface area contributed by atoms with Gasteiger partial charge in [0.15, 0.2) is 0 Å². The molecule has 1 rings (SSSR count). The summed E-state index contributed by atoms with van der Waals surface area (Å²) in [5.41, 5.74) is 0.517. The Morgan fingerprint density at radius 3 is 2.65 bits per heavy atom. The molecule has 0 radical (unpaired) electrons. The summed E-state index contributed by atoms with van der Waals surface area (Å²) in [4.78, 5) is 33.6. The van der Waals surface area contributed by atoms with Crippen molar-refractivity contribution in [2.24, 2.45) is 5.18 Å². The lowest BCUT2D eigenvalue weighted by molar-refractivity contribution is -0.140. The molecule has 0 amide bonds. The first-order valence-corrected chi connectivity index (χ1v) is 6.47. The molecule has 8 heteroatoms. The zero-order valence-electron chi connectivity index (χ0n) is 10.9. The molecule has 0 saturated carbocycles. The van der Waals surface area contributed by atoms with Gasteiger partial charge in [-0.3, -0.25) is 4.79 Å². The summed E-state index contributed by atoms with van der Waals surface area (Å²) in [6.07, 6.45) is 0. The minimum Gasteiger partial charge on any atom is -0.465 e. The van der Waals surface area contributed by atoms with Crippen molar-refractivity contribution < 1.29 is 19.1 Å². The van der Waals surface area contributed by atoms with E-state index in [0.29, 0.717) is 4.47 Å². The molecule has 0 heterocycles. The van der Waals surface area contributed by atoms with Crippen molar-refractivity contribution in [2.75, 3.05) is 25.6 Å². The highest BCUT2D eigenvalue weighted by Crippen LogP contribution is 2.35. The van der Waals surface area contributed by atoms with E-state index in [-0.39, 0.29) is 30.1 Å². The quantitative estimate of drug-likeness (QED) is 0.629. The highest BCUT2D eigenvalue weighted by atomic mass is 79.9. The summed E-state index contributed by atoms with van der Waals surface area (Å²) >= 11 is 3.14. The van der Waals surface area contributed by atoms with Gasteiger partial charge in [0.05, 0.1) is 25.0 Å². The molecule has 0 spiro atoms. The van der Waals surface area contributed by atoms with E-state index < -0.39 is 11.9 Å².